The Morgan fingerprint density at radius 1 is 1.17 bits per heavy atom. The molecule has 9 heteroatoms. The molecule has 0 aliphatic heterocycles. The van der Waals surface area contributed by atoms with E-state index in [1.165, 1.54) is 29.5 Å². The Bertz CT molecular complexity index is 1020. The van der Waals surface area contributed by atoms with Crippen molar-refractivity contribution in [2.24, 2.45) is 0 Å². The van der Waals surface area contributed by atoms with Gasteiger partial charge in [-0.2, -0.15) is 0 Å². The fourth-order valence-corrected chi connectivity index (χ4v) is 3.96. The molecule has 0 fully saturated rings. The van der Waals surface area contributed by atoms with Crippen molar-refractivity contribution in [2.75, 3.05) is 32.1 Å². The number of aryl methyl sites for hydroxylation is 1. The number of benzene rings is 2. The lowest BCUT2D eigenvalue weighted by atomic mass is 10.1. The van der Waals surface area contributed by atoms with Crippen molar-refractivity contribution in [3.8, 4) is 0 Å². The number of amides is 1. The maximum atomic E-state index is 13.2. The molecular weight excluding hydrogens is 412 g/mol. The minimum absolute atomic E-state index is 0. The van der Waals surface area contributed by atoms with E-state index in [4.69, 9.17) is 0 Å². The molecule has 3 rings (SSSR count). The van der Waals surface area contributed by atoms with Gasteiger partial charge in [0.15, 0.2) is 5.13 Å². The second-order valence-corrected chi connectivity index (χ2v) is 7.90. The molecule has 29 heavy (non-hydrogen) atoms. The van der Waals surface area contributed by atoms with Crippen LogP contribution in [0.1, 0.15) is 22.3 Å². The monoisotopic (exact) mass is 434 g/mol. The minimum Gasteiger partial charge on any atom is -0.309 e. The Kier molecular flexibility index (Phi) is 7.66. The SMILES string of the molecule is Cc1ccc2nc(N(CCCN(C)C)C(=O)c3cccc([N+](=O)[O-])c3)sc2c1.Cl. The number of nitrogens with zero attached hydrogens (tertiary/aromatic N) is 4. The summed E-state index contributed by atoms with van der Waals surface area (Å²) in [6.07, 6.45) is 0.766. The molecular formula is C20H23ClN4O3S. The normalized spacial score (nSPS) is 10.8. The van der Waals surface area contributed by atoms with Gasteiger partial charge < -0.3 is 4.90 Å². The maximum absolute atomic E-state index is 13.2. The van der Waals surface area contributed by atoms with Gasteiger partial charge in [-0.1, -0.05) is 23.5 Å². The van der Waals surface area contributed by atoms with E-state index in [0.29, 0.717) is 11.7 Å². The van der Waals surface area contributed by atoms with Crippen molar-refractivity contribution in [3.05, 3.63) is 63.7 Å². The van der Waals surface area contributed by atoms with Gasteiger partial charge in [-0.25, -0.2) is 4.98 Å². The Labute approximate surface area is 179 Å². The zero-order valence-electron chi connectivity index (χ0n) is 16.5. The molecule has 2 aromatic carbocycles. The Morgan fingerprint density at radius 3 is 2.62 bits per heavy atom. The van der Waals surface area contributed by atoms with Gasteiger partial charge in [0.05, 0.1) is 15.1 Å². The van der Waals surface area contributed by atoms with Crippen LogP contribution >= 0.6 is 23.7 Å². The minimum atomic E-state index is -0.492. The molecule has 1 amide bonds. The van der Waals surface area contributed by atoms with Crippen LogP contribution in [-0.4, -0.2) is 47.9 Å². The second-order valence-electron chi connectivity index (χ2n) is 6.89. The lowest BCUT2D eigenvalue weighted by Crippen LogP contribution is -2.33. The third-order valence-corrected chi connectivity index (χ3v) is 5.34. The molecule has 0 saturated heterocycles. The van der Waals surface area contributed by atoms with E-state index in [2.05, 4.69) is 9.88 Å². The van der Waals surface area contributed by atoms with Crippen LogP contribution in [-0.2, 0) is 0 Å². The number of hydrogen-bond acceptors (Lipinski definition) is 6. The topological polar surface area (TPSA) is 79.6 Å². The number of nitro groups is 1. The highest BCUT2D eigenvalue weighted by atomic mass is 35.5. The molecule has 0 saturated carbocycles. The molecule has 0 spiro atoms. The zero-order chi connectivity index (χ0) is 20.3. The first-order valence-electron chi connectivity index (χ1n) is 8.93. The summed E-state index contributed by atoms with van der Waals surface area (Å²) in [5, 5.41) is 11.7. The Hall–Kier alpha value is -2.55. The maximum Gasteiger partial charge on any atom is 0.270 e. The predicted octanol–water partition coefficient (Wildman–Crippen LogP) is 4.53. The molecule has 0 atom stereocenters. The predicted molar refractivity (Wildman–Crippen MR) is 120 cm³/mol. The van der Waals surface area contributed by atoms with Crippen molar-refractivity contribution < 1.29 is 9.72 Å². The summed E-state index contributed by atoms with van der Waals surface area (Å²) < 4.78 is 1.01. The molecule has 1 aromatic heterocycles. The summed E-state index contributed by atoms with van der Waals surface area (Å²) in [6.45, 7) is 3.32. The van der Waals surface area contributed by atoms with Crippen molar-refractivity contribution in [1.82, 2.24) is 9.88 Å². The third kappa shape index (κ3) is 5.50. The van der Waals surface area contributed by atoms with Gasteiger partial charge in [-0.3, -0.25) is 19.8 Å². The van der Waals surface area contributed by atoms with E-state index in [1.54, 1.807) is 11.0 Å². The van der Waals surface area contributed by atoms with E-state index >= 15 is 0 Å². The first-order valence-corrected chi connectivity index (χ1v) is 9.75. The van der Waals surface area contributed by atoms with E-state index in [-0.39, 0.29) is 29.6 Å². The Balaban J connectivity index is 0.00000300. The van der Waals surface area contributed by atoms with Crippen LogP contribution in [0.15, 0.2) is 42.5 Å². The van der Waals surface area contributed by atoms with Crippen molar-refractivity contribution in [2.45, 2.75) is 13.3 Å². The molecule has 0 unspecified atom stereocenters. The summed E-state index contributed by atoms with van der Waals surface area (Å²) in [5.74, 6) is -0.279. The summed E-state index contributed by atoms with van der Waals surface area (Å²) in [5.41, 5.74) is 2.16. The van der Waals surface area contributed by atoms with Crippen LogP contribution in [0.3, 0.4) is 0 Å². The van der Waals surface area contributed by atoms with Crippen LogP contribution in [0.25, 0.3) is 10.2 Å². The summed E-state index contributed by atoms with van der Waals surface area (Å²) >= 11 is 1.46. The summed E-state index contributed by atoms with van der Waals surface area (Å²) in [6, 6.07) is 11.8. The van der Waals surface area contributed by atoms with Crippen LogP contribution in [0.5, 0.6) is 0 Å². The van der Waals surface area contributed by atoms with E-state index in [9.17, 15) is 14.9 Å². The van der Waals surface area contributed by atoms with Crippen molar-refractivity contribution >= 4 is 50.7 Å². The number of anilines is 1. The highest BCUT2D eigenvalue weighted by molar-refractivity contribution is 7.22. The summed E-state index contributed by atoms with van der Waals surface area (Å²) in [7, 11) is 3.96. The van der Waals surface area contributed by atoms with Gasteiger partial charge in [0.25, 0.3) is 11.6 Å². The molecule has 0 aliphatic rings. The largest absolute Gasteiger partial charge is 0.309 e. The number of carbonyl (C=O) groups is 1. The molecule has 1 heterocycles. The van der Waals surface area contributed by atoms with Crippen LogP contribution in [0, 0.1) is 17.0 Å². The average Bonchev–Trinajstić information content (AvgIpc) is 3.07. The highest BCUT2D eigenvalue weighted by Gasteiger charge is 2.22. The zero-order valence-corrected chi connectivity index (χ0v) is 18.1. The van der Waals surface area contributed by atoms with Gasteiger partial charge in [-0.15, -0.1) is 12.4 Å². The van der Waals surface area contributed by atoms with Gasteiger partial charge in [0.2, 0.25) is 0 Å². The van der Waals surface area contributed by atoms with E-state index < -0.39 is 4.92 Å². The highest BCUT2D eigenvalue weighted by Crippen LogP contribution is 2.31. The van der Waals surface area contributed by atoms with Gasteiger partial charge >= 0.3 is 0 Å². The molecule has 0 aliphatic carbocycles. The fraction of sp³-hybridized carbons (Fsp3) is 0.300. The number of carbonyl (C=O) groups excluding carboxylic acids is 1. The van der Waals surface area contributed by atoms with Gasteiger partial charge in [0.1, 0.15) is 0 Å². The number of fused-ring (bicyclic) bond motifs is 1. The molecule has 0 N–H and O–H groups in total. The first-order chi connectivity index (χ1) is 13.3. The number of aromatic nitrogens is 1. The lowest BCUT2D eigenvalue weighted by molar-refractivity contribution is -0.384. The van der Waals surface area contributed by atoms with E-state index in [1.807, 2.05) is 39.2 Å². The third-order valence-electron chi connectivity index (χ3n) is 4.30. The van der Waals surface area contributed by atoms with Crippen molar-refractivity contribution in [3.63, 3.8) is 0 Å². The Morgan fingerprint density at radius 2 is 1.93 bits per heavy atom. The van der Waals surface area contributed by atoms with Gasteiger partial charge in [0, 0.05) is 24.2 Å². The second kappa shape index (κ2) is 9.78. The van der Waals surface area contributed by atoms with Crippen LogP contribution in [0.4, 0.5) is 10.8 Å². The number of thiazole rings is 1. The number of halogens is 1. The quantitative estimate of drug-likeness (QED) is 0.403. The fourth-order valence-electron chi connectivity index (χ4n) is 2.87. The van der Waals surface area contributed by atoms with Gasteiger partial charge in [-0.05, 0) is 57.7 Å². The standard InChI is InChI=1S/C20H22N4O3S.ClH/c1-14-8-9-17-18(12-14)28-20(21-17)23(11-5-10-22(2)3)19(25)15-6-4-7-16(13-15)24(26)27;/h4,6-9,12-13H,5,10-11H2,1-3H3;1H. The van der Waals surface area contributed by atoms with Crippen LogP contribution in [0.2, 0.25) is 0 Å². The average molecular weight is 435 g/mol. The smallest absolute Gasteiger partial charge is 0.270 e. The molecule has 7 nitrogen and oxygen atoms in total. The van der Waals surface area contributed by atoms with Crippen molar-refractivity contribution in [1.29, 1.82) is 0 Å². The molecule has 0 radical (unpaired) electrons. The first kappa shape index (κ1) is 22.7. The molecule has 0 bridgehead atoms. The number of non-ortho nitro benzene ring substituents is 1. The number of nitro benzene ring substituents is 1. The number of rotatable bonds is 7. The molecule has 3 aromatic rings. The number of hydrogen-bond donors (Lipinski definition) is 0. The van der Waals surface area contributed by atoms with E-state index in [0.717, 1.165) is 28.7 Å². The van der Waals surface area contributed by atoms with Crippen LogP contribution < -0.4 is 4.90 Å². The molecule has 154 valence electrons. The lowest BCUT2D eigenvalue weighted by Gasteiger charge is -2.21. The summed E-state index contributed by atoms with van der Waals surface area (Å²) in [4.78, 5) is 32.1.